The number of aromatic amines is 1. The predicted molar refractivity (Wildman–Crippen MR) is 78.9 cm³/mol. The summed E-state index contributed by atoms with van der Waals surface area (Å²) in [6.07, 6.45) is 0.681. The Kier molecular flexibility index (Phi) is 3.25. The Morgan fingerprint density at radius 1 is 1.05 bits per heavy atom. The molecule has 1 N–H and O–H groups in total. The third-order valence-corrected chi connectivity index (χ3v) is 3.40. The summed E-state index contributed by atoms with van der Waals surface area (Å²) in [5.41, 5.74) is 3.64. The monoisotopic (exact) mass is 265 g/mol. The van der Waals surface area contributed by atoms with E-state index in [1.165, 1.54) is 7.11 Å². The van der Waals surface area contributed by atoms with Gasteiger partial charge in [-0.15, -0.1) is 0 Å². The third kappa shape index (κ3) is 2.18. The lowest BCUT2D eigenvalue weighted by Gasteiger charge is -2.03. The molecule has 0 aliphatic carbocycles. The smallest absolute Gasteiger partial charge is 0.340 e. The van der Waals surface area contributed by atoms with Crippen LogP contribution in [0.25, 0.3) is 10.9 Å². The number of H-pyrrole nitrogens is 1. The summed E-state index contributed by atoms with van der Waals surface area (Å²) in [7, 11) is 1.41. The summed E-state index contributed by atoms with van der Waals surface area (Å²) in [6.45, 7) is 0. The first kappa shape index (κ1) is 12.5. The van der Waals surface area contributed by atoms with E-state index in [2.05, 4.69) is 4.98 Å². The molecular formula is C17H15NO2. The normalized spacial score (nSPS) is 10.7. The molecule has 2 aromatic carbocycles. The fourth-order valence-corrected chi connectivity index (χ4v) is 2.47. The first-order valence-corrected chi connectivity index (χ1v) is 6.51. The van der Waals surface area contributed by atoms with Crippen molar-refractivity contribution in [2.24, 2.45) is 0 Å². The van der Waals surface area contributed by atoms with Gasteiger partial charge in [-0.05, 0) is 11.6 Å². The van der Waals surface area contributed by atoms with Gasteiger partial charge in [-0.3, -0.25) is 0 Å². The number of hydrogen-bond donors (Lipinski definition) is 1. The molecule has 1 aromatic heterocycles. The van der Waals surface area contributed by atoms with E-state index in [1.54, 1.807) is 0 Å². The predicted octanol–water partition coefficient (Wildman–Crippen LogP) is 3.55. The number of aromatic nitrogens is 1. The van der Waals surface area contributed by atoms with Gasteiger partial charge in [0.25, 0.3) is 0 Å². The number of ether oxygens (including phenoxy) is 1. The molecule has 3 aromatic rings. The van der Waals surface area contributed by atoms with E-state index in [4.69, 9.17) is 4.74 Å². The van der Waals surface area contributed by atoms with Crippen LogP contribution in [0.1, 0.15) is 21.6 Å². The molecule has 0 aliphatic rings. The quantitative estimate of drug-likeness (QED) is 0.736. The second-order valence-electron chi connectivity index (χ2n) is 4.68. The summed E-state index contributed by atoms with van der Waals surface area (Å²) in [6, 6.07) is 17.9. The first-order chi connectivity index (χ1) is 9.79. The zero-order valence-corrected chi connectivity index (χ0v) is 11.2. The molecule has 0 aliphatic heterocycles. The van der Waals surface area contributed by atoms with Gasteiger partial charge in [0.05, 0.1) is 12.7 Å². The van der Waals surface area contributed by atoms with Crippen molar-refractivity contribution >= 4 is 16.9 Å². The van der Waals surface area contributed by atoms with E-state index in [0.29, 0.717) is 12.0 Å². The zero-order chi connectivity index (χ0) is 13.9. The molecule has 0 atom stereocenters. The highest BCUT2D eigenvalue weighted by molar-refractivity contribution is 6.05. The van der Waals surface area contributed by atoms with Crippen molar-refractivity contribution < 1.29 is 9.53 Å². The van der Waals surface area contributed by atoms with Gasteiger partial charge in [0.1, 0.15) is 0 Å². The van der Waals surface area contributed by atoms with Gasteiger partial charge in [-0.25, -0.2) is 4.79 Å². The van der Waals surface area contributed by atoms with Gasteiger partial charge in [0.15, 0.2) is 0 Å². The zero-order valence-electron chi connectivity index (χ0n) is 11.2. The van der Waals surface area contributed by atoms with Crippen LogP contribution in [0.3, 0.4) is 0 Å². The average molecular weight is 265 g/mol. The van der Waals surface area contributed by atoms with Crippen LogP contribution in [0, 0.1) is 0 Å². The van der Waals surface area contributed by atoms with E-state index in [-0.39, 0.29) is 5.97 Å². The number of rotatable bonds is 3. The van der Waals surface area contributed by atoms with Gasteiger partial charge >= 0.3 is 5.97 Å². The fraction of sp³-hybridized carbons (Fsp3) is 0.118. The SMILES string of the molecule is COC(=O)c1c(Cc2ccccc2)[nH]c2ccccc12. The first-order valence-electron chi connectivity index (χ1n) is 6.51. The van der Waals surface area contributed by atoms with Crippen molar-refractivity contribution in [3.8, 4) is 0 Å². The molecule has 0 fully saturated rings. The van der Waals surface area contributed by atoms with Crippen molar-refractivity contribution in [3.05, 3.63) is 71.4 Å². The molecule has 100 valence electrons. The summed E-state index contributed by atoms with van der Waals surface area (Å²) in [5.74, 6) is -0.298. The molecule has 0 unspecified atom stereocenters. The molecule has 3 heteroatoms. The third-order valence-electron chi connectivity index (χ3n) is 3.40. The van der Waals surface area contributed by atoms with E-state index in [9.17, 15) is 4.79 Å². The Morgan fingerprint density at radius 2 is 1.75 bits per heavy atom. The summed E-state index contributed by atoms with van der Waals surface area (Å²) in [4.78, 5) is 15.4. The van der Waals surface area contributed by atoms with Gasteiger partial charge in [-0.2, -0.15) is 0 Å². The molecule has 1 heterocycles. The molecule has 0 saturated carbocycles. The maximum absolute atomic E-state index is 12.1. The summed E-state index contributed by atoms with van der Waals surface area (Å²) < 4.78 is 4.92. The minimum atomic E-state index is -0.298. The summed E-state index contributed by atoms with van der Waals surface area (Å²) >= 11 is 0. The second-order valence-corrected chi connectivity index (χ2v) is 4.68. The Hall–Kier alpha value is -2.55. The average Bonchev–Trinajstić information content (AvgIpc) is 2.85. The van der Waals surface area contributed by atoms with Gasteiger partial charge in [-0.1, -0.05) is 48.5 Å². The number of hydrogen-bond acceptors (Lipinski definition) is 2. The second kappa shape index (κ2) is 5.21. The van der Waals surface area contributed by atoms with Gasteiger partial charge < -0.3 is 9.72 Å². The topological polar surface area (TPSA) is 42.1 Å². The highest BCUT2D eigenvalue weighted by Gasteiger charge is 2.18. The highest BCUT2D eigenvalue weighted by atomic mass is 16.5. The van der Waals surface area contributed by atoms with Crippen LogP contribution in [-0.2, 0) is 11.2 Å². The Morgan fingerprint density at radius 3 is 2.50 bits per heavy atom. The number of methoxy groups -OCH3 is 1. The Bertz CT molecular complexity index is 744. The number of esters is 1. The molecular weight excluding hydrogens is 250 g/mol. The lowest BCUT2D eigenvalue weighted by atomic mass is 10.0. The van der Waals surface area contributed by atoms with E-state index < -0.39 is 0 Å². The minimum absolute atomic E-state index is 0.298. The maximum Gasteiger partial charge on any atom is 0.340 e. The van der Waals surface area contributed by atoms with Crippen LogP contribution in [0.5, 0.6) is 0 Å². The van der Waals surface area contributed by atoms with Crippen molar-refractivity contribution in [3.63, 3.8) is 0 Å². The number of carbonyl (C=O) groups is 1. The van der Waals surface area contributed by atoms with Crippen LogP contribution in [0.2, 0.25) is 0 Å². The maximum atomic E-state index is 12.1. The van der Waals surface area contributed by atoms with Crippen LogP contribution >= 0.6 is 0 Å². The lowest BCUT2D eigenvalue weighted by molar-refractivity contribution is 0.0602. The minimum Gasteiger partial charge on any atom is -0.465 e. The molecule has 20 heavy (non-hydrogen) atoms. The number of nitrogens with one attached hydrogen (secondary N) is 1. The largest absolute Gasteiger partial charge is 0.465 e. The van der Waals surface area contributed by atoms with Crippen molar-refractivity contribution in [1.29, 1.82) is 0 Å². The van der Waals surface area contributed by atoms with Crippen LogP contribution < -0.4 is 0 Å². The molecule has 0 bridgehead atoms. The summed E-state index contributed by atoms with van der Waals surface area (Å²) in [5, 5.41) is 0.908. The van der Waals surface area contributed by atoms with Crippen LogP contribution in [-0.4, -0.2) is 18.1 Å². The van der Waals surface area contributed by atoms with Crippen molar-refractivity contribution in [2.75, 3.05) is 7.11 Å². The van der Waals surface area contributed by atoms with Gasteiger partial charge in [0, 0.05) is 23.0 Å². The Balaban J connectivity index is 2.12. The highest BCUT2D eigenvalue weighted by Crippen LogP contribution is 2.25. The molecule has 0 spiro atoms. The van der Waals surface area contributed by atoms with E-state index in [1.807, 2.05) is 54.6 Å². The molecule has 0 saturated heterocycles. The van der Waals surface area contributed by atoms with Crippen molar-refractivity contribution in [2.45, 2.75) is 6.42 Å². The number of carbonyl (C=O) groups excluding carboxylic acids is 1. The van der Waals surface area contributed by atoms with Crippen molar-refractivity contribution in [1.82, 2.24) is 4.98 Å². The van der Waals surface area contributed by atoms with Crippen LogP contribution in [0.15, 0.2) is 54.6 Å². The number of benzene rings is 2. The molecule has 3 rings (SSSR count). The number of para-hydroxylation sites is 1. The molecule has 0 radical (unpaired) electrons. The fourth-order valence-electron chi connectivity index (χ4n) is 2.47. The number of fused-ring (bicyclic) bond motifs is 1. The molecule has 0 amide bonds. The van der Waals surface area contributed by atoms with Crippen LogP contribution in [0.4, 0.5) is 0 Å². The standard InChI is InChI=1S/C17H15NO2/c1-20-17(19)16-13-9-5-6-10-14(13)18-15(16)11-12-7-3-2-4-8-12/h2-10,18H,11H2,1H3. The van der Waals surface area contributed by atoms with E-state index in [0.717, 1.165) is 22.2 Å². The Labute approximate surface area is 117 Å². The molecule has 3 nitrogen and oxygen atoms in total. The van der Waals surface area contributed by atoms with Gasteiger partial charge in [0.2, 0.25) is 0 Å². The lowest BCUT2D eigenvalue weighted by Crippen LogP contribution is -2.04. The van der Waals surface area contributed by atoms with E-state index >= 15 is 0 Å².